The van der Waals surface area contributed by atoms with Gasteiger partial charge in [-0.15, -0.1) is 0 Å². The van der Waals surface area contributed by atoms with Gasteiger partial charge in [-0.25, -0.2) is 0 Å². The van der Waals surface area contributed by atoms with E-state index in [0.29, 0.717) is 30.6 Å². The molecule has 6 fully saturated rings. The number of nitrogens with zero attached hydrogens (tertiary/aromatic N) is 3. The van der Waals surface area contributed by atoms with E-state index in [2.05, 4.69) is 6.07 Å². The van der Waals surface area contributed by atoms with Gasteiger partial charge in [0.05, 0.1) is 12.1 Å². The number of hydrogen-bond acceptors (Lipinski definition) is 6. The third-order valence-corrected chi connectivity index (χ3v) is 9.97. The smallest absolute Gasteiger partial charge is 0.324 e. The number of hydrogen-bond donors (Lipinski definition) is 1. The first kappa shape index (κ1) is 23.9. The van der Waals surface area contributed by atoms with Gasteiger partial charge >= 0.3 is 5.97 Å². The van der Waals surface area contributed by atoms with Crippen molar-refractivity contribution in [1.29, 1.82) is 5.26 Å². The second-order valence-electron chi connectivity index (χ2n) is 12.8. The fourth-order valence-electron chi connectivity index (χ4n) is 8.64. The van der Waals surface area contributed by atoms with Crippen molar-refractivity contribution in [1.82, 2.24) is 9.80 Å². The Morgan fingerprint density at radius 2 is 1.83 bits per heavy atom. The first-order valence-corrected chi connectivity index (χ1v) is 13.6. The zero-order chi connectivity index (χ0) is 25.2. The van der Waals surface area contributed by atoms with E-state index in [1.807, 2.05) is 54.2 Å². The zero-order valence-electron chi connectivity index (χ0n) is 21.4. The van der Waals surface area contributed by atoms with Crippen LogP contribution in [0, 0.1) is 34.5 Å². The van der Waals surface area contributed by atoms with Crippen molar-refractivity contribution in [2.45, 2.75) is 87.6 Å². The van der Waals surface area contributed by atoms with Crippen molar-refractivity contribution in [3.05, 3.63) is 35.9 Å². The van der Waals surface area contributed by atoms with E-state index in [9.17, 15) is 14.9 Å². The van der Waals surface area contributed by atoms with Gasteiger partial charge in [0.15, 0.2) is 0 Å². The molecule has 5 unspecified atom stereocenters. The normalized spacial score (nSPS) is 39.4. The lowest BCUT2D eigenvalue weighted by Gasteiger charge is -2.62. The van der Waals surface area contributed by atoms with Gasteiger partial charge in [-0.2, -0.15) is 5.26 Å². The Kier molecular flexibility index (Phi) is 5.69. The number of carbonyl (C=O) groups is 2. The molecule has 5 saturated carbocycles. The van der Waals surface area contributed by atoms with E-state index < -0.39 is 11.6 Å². The molecule has 1 aromatic carbocycles. The third-order valence-electron chi connectivity index (χ3n) is 9.97. The summed E-state index contributed by atoms with van der Waals surface area (Å²) < 4.78 is 6.48. The van der Waals surface area contributed by atoms with Crippen LogP contribution < -0.4 is 5.73 Å². The highest BCUT2D eigenvalue weighted by atomic mass is 16.6. The van der Waals surface area contributed by atoms with Crippen LogP contribution in [0.5, 0.6) is 0 Å². The molecule has 0 spiro atoms. The van der Waals surface area contributed by atoms with Gasteiger partial charge in [0.25, 0.3) is 0 Å². The molecule has 7 nitrogen and oxygen atoms in total. The van der Waals surface area contributed by atoms with Crippen molar-refractivity contribution in [2.75, 3.05) is 14.1 Å². The van der Waals surface area contributed by atoms with E-state index in [-0.39, 0.29) is 35.4 Å². The van der Waals surface area contributed by atoms with Crippen LogP contribution in [0.4, 0.5) is 0 Å². The summed E-state index contributed by atoms with van der Waals surface area (Å²) in [7, 11) is 3.86. The molecule has 1 amide bonds. The monoisotopic (exact) mass is 490 g/mol. The molecular formula is C29H38N4O3. The molecule has 0 aromatic heterocycles. The average molecular weight is 491 g/mol. The highest BCUT2D eigenvalue weighted by molar-refractivity contribution is 5.84. The van der Waals surface area contributed by atoms with Crippen molar-refractivity contribution in [3.63, 3.8) is 0 Å². The zero-order valence-corrected chi connectivity index (χ0v) is 21.4. The summed E-state index contributed by atoms with van der Waals surface area (Å²) in [5, 5.41) is 9.64. The number of amides is 1. The van der Waals surface area contributed by atoms with Crippen LogP contribution in [0.25, 0.3) is 0 Å². The summed E-state index contributed by atoms with van der Waals surface area (Å²) in [5.74, 6) is 1.12. The molecule has 9 atom stereocenters. The minimum atomic E-state index is -0.634. The predicted molar refractivity (Wildman–Crippen MR) is 134 cm³/mol. The standard InChI is InChI=1S/C29H38N4O3/c1-32(2)24(9-18-6-4-3-5-7-18)27(35)36-29-14-19-8-20(15-29)13-28(12-19,17-29)25(31)26(34)33-22(16-30)10-21-11-23(21)33/h3-7,19-25H,8-15,17,31H2,1-2H3/t19-,20?,21?,22-,23?,24-,25+,28?,29?/m0/s1. The topological polar surface area (TPSA) is 99.7 Å². The van der Waals surface area contributed by atoms with Crippen LogP contribution in [0.2, 0.25) is 0 Å². The molecule has 0 radical (unpaired) electrons. The molecule has 36 heavy (non-hydrogen) atoms. The number of likely N-dealkylation sites (N-methyl/N-ethyl adjacent to an activating group) is 1. The summed E-state index contributed by atoms with van der Waals surface area (Å²) in [6, 6.07) is 11.3. The van der Waals surface area contributed by atoms with Crippen LogP contribution in [-0.4, -0.2) is 65.5 Å². The van der Waals surface area contributed by atoms with Gasteiger partial charge in [0.2, 0.25) is 5.91 Å². The molecule has 1 saturated heterocycles. The lowest BCUT2D eigenvalue weighted by atomic mass is 9.46. The number of esters is 1. The Morgan fingerprint density at radius 3 is 2.47 bits per heavy atom. The molecule has 5 aliphatic carbocycles. The molecule has 7 rings (SSSR count). The van der Waals surface area contributed by atoms with Crippen molar-refractivity contribution >= 4 is 11.9 Å². The lowest BCUT2D eigenvalue weighted by molar-refractivity contribution is -0.209. The van der Waals surface area contributed by atoms with Crippen LogP contribution in [0.1, 0.15) is 56.9 Å². The van der Waals surface area contributed by atoms with Crippen LogP contribution in [0.3, 0.4) is 0 Å². The second-order valence-corrected chi connectivity index (χ2v) is 12.8. The predicted octanol–water partition coefficient (Wildman–Crippen LogP) is 2.88. The summed E-state index contributed by atoms with van der Waals surface area (Å²) in [4.78, 5) is 31.1. The van der Waals surface area contributed by atoms with E-state index in [4.69, 9.17) is 10.5 Å². The van der Waals surface area contributed by atoms with Crippen LogP contribution in [-0.2, 0) is 20.7 Å². The molecule has 1 heterocycles. The Hall–Kier alpha value is -2.43. The van der Waals surface area contributed by atoms with Gasteiger partial charge in [-0.3, -0.25) is 14.5 Å². The Morgan fingerprint density at radius 1 is 1.14 bits per heavy atom. The second kappa shape index (κ2) is 8.56. The molecule has 4 bridgehead atoms. The molecule has 1 aliphatic heterocycles. The van der Waals surface area contributed by atoms with Crippen molar-refractivity contribution in [3.8, 4) is 6.07 Å². The number of ether oxygens (including phenoxy) is 1. The maximum absolute atomic E-state index is 13.7. The van der Waals surface area contributed by atoms with E-state index in [1.165, 1.54) is 0 Å². The average Bonchev–Trinajstić information content (AvgIpc) is 3.50. The van der Waals surface area contributed by atoms with E-state index >= 15 is 0 Å². The van der Waals surface area contributed by atoms with Gasteiger partial charge in [0.1, 0.15) is 17.7 Å². The molecule has 192 valence electrons. The SMILES string of the molecule is CN(C)[C@@H](Cc1ccccc1)C(=O)OC12CC3C[C@H](C1)CC([C@H](N)C(=O)N1C4CC4C[C@H]1C#N)(C3)C2. The third kappa shape index (κ3) is 3.94. The maximum Gasteiger partial charge on any atom is 0.324 e. The maximum atomic E-state index is 13.7. The number of likely N-dealkylation sites (tertiary alicyclic amines) is 1. The molecule has 1 aromatic rings. The first-order valence-electron chi connectivity index (χ1n) is 13.6. The number of nitrogens with two attached hydrogens (primary N) is 1. The number of carbonyl (C=O) groups excluding carboxylic acids is 2. The molecule has 2 N–H and O–H groups in total. The summed E-state index contributed by atoms with van der Waals surface area (Å²) in [6.07, 6.45) is 7.79. The Bertz CT molecular complexity index is 1070. The summed E-state index contributed by atoms with van der Waals surface area (Å²) >= 11 is 0. The lowest BCUT2D eigenvalue weighted by Crippen LogP contribution is -2.66. The number of rotatable bonds is 7. The number of nitriles is 1. The summed E-state index contributed by atoms with van der Waals surface area (Å²) in [5.41, 5.74) is 7.07. The fourth-order valence-corrected chi connectivity index (χ4v) is 8.64. The fraction of sp³-hybridized carbons (Fsp3) is 0.690. The number of fused-ring (bicyclic) bond motifs is 1. The quantitative estimate of drug-likeness (QED) is 0.590. The largest absolute Gasteiger partial charge is 0.458 e. The highest BCUT2D eigenvalue weighted by Crippen LogP contribution is 2.64. The Balaban J connectivity index is 1.22. The number of piperidine rings is 1. The van der Waals surface area contributed by atoms with Crippen molar-refractivity contribution < 1.29 is 14.3 Å². The van der Waals surface area contributed by atoms with Gasteiger partial charge < -0.3 is 15.4 Å². The number of benzene rings is 1. The van der Waals surface area contributed by atoms with E-state index in [1.54, 1.807) is 0 Å². The Labute approximate surface area is 213 Å². The summed E-state index contributed by atoms with van der Waals surface area (Å²) in [6.45, 7) is 0. The minimum absolute atomic E-state index is 0.0507. The van der Waals surface area contributed by atoms with Crippen LogP contribution in [0.15, 0.2) is 30.3 Å². The van der Waals surface area contributed by atoms with E-state index in [0.717, 1.165) is 50.5 Å². The molecular weight excluding hydrogens is 452 g/mol. The van der Waals surface area contributed by atoms with Crippen molar-refractivity contribution in [2.24, 2.45) is 28.9 Å². The molecule has 7 heteroatoms. The first-order chi connectivity index (χ1) is 17.2. The van der Waals surface area contributed by atoms with Gasteiger partial charge in [-0.1, -0.05) is 30.3 Å². The van der Waals surface area contributed by atoms with Crippen LogP contribution >= 0.6 is 0 Å². The highest BCUT2D eigenvalue weighted by Gasteiger charge is 2.64. The molecule has 6 aliphatic rings. The van der Waals surface area contributed by atoms with Gasteiger partial charge in [0, 0.05) is 6.04 Å². The van der Waals surface area contributed by atoms with Gasteiger partial charge in [-0.05, 0) is 101 Å². The minimum Gasteiger partial charge on any atom is -0.458 e.